The predicted molar refractivity (Wildman–Crippen MR) is 113 cm³/mol. The summed E-state index contributed by atoms with van der Waals surface area (Å²) in [6.45, 7) is -3.12. The number of nitrogens with one attached hydrogen (secondary N) is 1. The second-order valence-corrected chi connectivity index (χ2v) is 6.90. The van der Waals surface area contributed by atoms with Crippen molar-refractivity contribution in [3.8, 4) is 17.2 Å². The Balaban J connectivity index is 1.89. The third-order valence-corrected chi connectivity index (χ3v) is 4.59. The average Bonchev–Trinajstić information content (AvgIpc) is 2.77. The number of nitrogens with zero attached hydrogens (tertiary/aromatic N) is 1. The molecule has 0 radical (unpaired) electrons. The van der Waals surface area contributed by atoms with Crippen LogP contribution in [0.25, 0.3) is 0 Å². The van der Waals surface area contributed by atoms with Gasteiger partial charge in [-0.05, 0) is 42.5 Å². The van der Waals surface area contributed by atoms with Crippen LogP contribution in [-0.2, 0) is 4.74 Å². The van der Waals surface area contributed by atoms with Gasteiger partial charge in [0.05, 0.1) is 28.4 Å². The van der Waals surface area contributed by atoms with E-state index >= 15 is 0 Å². The van der Waals surface area contributed by atoms with Gasteiger partial charge in [0.2, 0.25) is 0 Å². The van der Waals surface area contributed by atoms with Crippen LogP contribution in [0.4, 0.5) is 14.5 Å². The van der Waals surface area contributed by atoms with Gasteiger partial charge in [0.15, 0.2) is 11.5 Å². The number of carbonyl (C=O) groups excluding carboxylic acids is 2. The summed E-state index contributed by atoms with van der Waals surface area (Å²) in [5.74, 6) is -1.43. The third kappa shape index (κ3) is 5.63. The smallest absolute Gasteiger partial charge is 0.387 e. The van der Waals surface area contributed by atoms with Crippen molar-refractivity contribution in [2.24, 2.45) is 0 Å². The standard InChI is InChI=1S/C21H14Cl2F2N2O5/c1-30-20(29)11-2-5-13(6-3-11)31-17-8-12(4-7-16(17)32-21(24)25)19(28)27-18-14(22)9-26-10-15(18)23/h2-10,21H,1H3,(H,26,27,28). The Labute approximate surface area is 190 Å². The molecule has 0 unspecified atom stereocenters. The van der Waals surface area contributed by atoms with E-state index in [1.807, 2.05) is 0 Å². The van der Waals surface area contributed by atoms with Crippen LogP contribution in [0.5, 0.6) is 17.2 Å². The molecular formula is C21H14Cl2F2N2O5. The molecular weight excluding hydrogens is 469 g/mol. The molecule has 7 nitrogen and oxygen atoms in total. The summed E-state index contributed by atoms with van der Waals surface area (Å²) >= 11 is 12.0. The highest BCUT2D eigenvalue weighted by atomic mass is 35.5. The normalized spacial score (nSPS) is 10.6. The SMILES string of the molecule is COC(=O)c1ccc(Oc2cc(C(=O)Nc3c(Cl)cncc3Cl)ccc2OC(F)F)cc1. The summed E-state index contributed by atoms with van der Waals surface area (Å²) in [7, 11) is 1.24. The predicted octanol–water partition coefficient (Wildman–Crippen LogP) is 5.82. The molecule has 32 heavy (non-hydrogen) atoms. The lowest BCUT2D eigenvalue weighted by Crippen LogP contribution is -2.13. The maximum Gasteiger partial charge on any atom is 0.387 e. The zero-order chi connectivity index (χ0) is 23.3. The van der Waals surface area contributed by atoms with E-state index in [2.05, 4.69) is 19.8 Å². The van der Waals surface area contributed by atoms with Crippen LogP contribution < -0.4 is 14.8 Å². The largest absolute Gasteiger partial charge is 0.465 e. The number of aromatic nitrogens is 1. The lowest BCUT2D eigenvalue weighted by Gasteiger charge is -2.14. The van der Waals surface area contributed by atoms with Gasteiger partial charge in [0.25, 0.3) is 5.91 Å². The molecule has 0 bridgehead atoms. The molecule has 0 aliphatic heterocycles. The third-order valence-electron chi connectivity index (χ3n) is 4.02. The number of pyridine rings is 1. The van der Waals surface area contributed by atoms with Gasteiger partial charge in [0, 0.05) is 18.0 Å². The molecule has 1 amide bonds. The maximum absolute atomic E-state index is 12.8. The highest BCUT2D eigenvalue weighted by molar-refractivity contribution is 6.39. The summed E-state index contributed by atoms with van der Waals surface area (Å²) in [6.07, 6.45) is 2.60. The summed E-state index contributed by atoms with van der Waals surface area (Å²) in [4.78, 5) is 28.0. The first-order chi connectivity index (χ1) is 15.3. The van der Waals surface area contributed by atoms with E-state index in [0.29, 0.717) is 0 Å². The Morgan fingerprint density at radius 2 is 1.59 bits per heavy atom. The van der Waals surface area contributed by atoms with Crippen LogP contribution in [0.1, 0.15) is 20.7 Å². The van der Waals surface area contributed by atoms with E-state index in [0.717, 1.165) is 6.07 Å². The molecule has 1 aromatic heterocycles. The van der Waals surface area contributed by atoms with E-state index < -0.39 is 18.5 Å². The topological polar surface area (TPSA) is 86.8 Å². The molecule has 0 spiro atoms. The summed E-state index contributed by atoms with van der Waals surface area (Å²) in [5.41, 5.74) is 0.460. The zero-order valence-electron chi connectivity index (χ0n) is 16.3. The minimum atomic E-state index is -3.12. The molecule has 11 heteroatoms. The van der Waals surface area contributed by atoms with Gasteiger partial charge >= 0.3 is 12.6 Å². The zero-order valence-corrected chi connectivity index (χ0v) is 17.8. The number of halogens is 4. The number of rotatable bonds is 7. The molecule has 0 saturated heterocycles. The number of alkyl halides is 2. The molecule has 2 aromatic carbocycles. The average molecular weight is 483 g/mol. The maximum atomic E-state index is 12.8. The van der Waals surface area contributed by atoms with Crippen molar-refractivity contribution in [2.45, 2.75) is 6.61 Å². The lowest BCUT2D eigenvalue weighted by atomic mass is 10.1. The van der Waals surface area contributed by atoms with Gasteiger partial charge in [-0.2, -0.15) is 8.78 Å². The number of benzene rings is 2. The van der Waals surface area contributed by atoms with Gasteiger partial charge in [-0.1, -0.05) is 23.2 Å². The molecule has 1 heterocycles. The Hall–Kier alpha value is -3.43. The first kappa shape index (κ1) is 23.2. The summed E-state index contributed by atoms with van der Waals surface area (Å²) < 4.78 is 40.3. The number of carbonyl (C=O) groups is 2. The van der Waals surface area contributed by atoms with Crippen molar-refractivity contribution in [3.05, 3.63) is 76.0 Å². The van der Waals surface area contributed by atoms with E-state index in [-0.39, 0.29) is 44.1 Å². The molecule has 0 aliphatic carbocycles. The van der Waals surface area contributed by atoms with Crippen molar-refractivity contribution in [3.63, 3.8) is 0 Å². The second-order valence-electron chi connectivity index (χ2n) is 6.09. The van der Waals surface area contributed by atoms with Crippen molar-refractivity contribution in [2.75, 3.05) is 12.4 Å². The Kier molecular flexibility index (Phi) is 7.45. The van der Waals surface area contributed by atoms with E-state index in [9.17, 15) is 18.4 Å². The van der Waals surface area contributed by atoms with Gasteiger partial charge in [-0.25, -0.2) is 4.79 Å². The first-order valence-corrected chi connectivity index (χ1v) is 9.59. The van der Waals surface area contributed by atoms with E-state index in [4.69, 9.17) is 27.9 Å². The highest BCUT2D eigenvalue weighted by Gasteiger charge is 2.18. The van der Waals surface area contributed by atoms with Crippen LogP contribution in [0, 0.1) is 0 Å². The van der Waals surface area contributed by atoms with E-state index in [1.54, 1.807) is 0 Å². The molecule has 0 atom stereocenters. The second kappa shape index (κ2) is 10.3. The molecule has 1 N–H and O–H groups in total. The fraction of sp³-hybridized carbons (Fsp3) is 0.0952. The number of methoxy groups -OCH3 is 1. The number of ether oxygens (including phenoxy) is 3. The Bertz CT molecular complexity index is 1120. The Morgan fingerprint density at radius 3 is 2.19 bits per heavy atom. The number of esters is 1. The Morgan fingerprint density at radius 1 is 0.969 bits per heavy atom. The quantitative estimate of drug-likeness (QED) is 0.426. The number of hydrogen-bond acceptors (Lipinski definition) is 6. The molecule has 3 aromatic rings. The van der Waals surface area contributed by atoms with Gasteiger partial charge in [-0.3, -0.25) is 9.78 Å². The van der Waals surface area contributed by atoms with Gasteiger partial charge < -0.3 is 19.5 Å². The molecule has 166 valence electrons. The number of hydrogen-bond donors (Lipinski definition) is 1. The first-order valence-electron chi connectivity index (χ1n) is 8.84. The van der Waals surface area contributed by atoms with Crippen LogP contribution in [0.15, 0.2) is 54.9 Å². The molecule has 3 rings (SSSR count). The van der Waals surface area contributed by atoms with Crippen LogP contribution in [0.2, 0.25) is 10.0 Å². The van der Waals surface area contributed by atoms with Crippen LogP contribution in [0.3, 0.4) is 0 Å². The lowest BCUT2D eigenvalue weighted by molar-refractivity contribution is -0.0510. The number of anilines is 1. The molecule has 0 fully saturated rings. The van der Waals surface area contributed by atoms with Gasteiger partial charge in [0.1, 0.15) is 5.75 Å². The summed E-state index contributed by atoms with van der Waals surface area (Å²) in [5, 5.41) is 2.77. The van der Waals surface area contributed by atoms with Gasteiger partial charge in [-0.15, -0.1) is 0 Å². The summed E-state index contributed by atoms with van der Waals surface area (Å²) in [6, 6.07) is 9.36. The van der Waals surface area contributed by atoms with Crippen molar-refractivity contribution < 1.29 is 32.6 Å². The number of amides is 1. The van der Waals surface area contributed by atoms with Crippen molar-refractivity contribution in [1.82, 2.24) is 4.98 Å². The van der Waals surface area contributed by atoms with E-state index in [1.165, 1.54) is 55.9 Å². The fourth-order valence-electron chi connectivity index (χ4n) is 2.54. The monoisotopic (exact) mass is 482 g/mol. The molecule has 0 saturated carbocycles. The van der Waals surface area contributed by atoms with Crippen molar-refractivity contribution in [1.29, 1.82) is 0 Å². The van der Waals surface area contributed by atoms with Crippen LogP contribution >= 0.6 is 23.2 Å². The molecule has 0 aliphatic rings. The minimum absolute atomic E-state index is 0.0525. The highest BCUT2D eigenvalue weighted by Crippen LogP contribution is 2.35. The minimum Gasteiger partial charge on any atom is -0.465 e. The van der Waals surface area contributed by atoms with Crippen LogP contribution in [-0.4, -0.2) is 30.6 Å². The van der Waals surface area contributed by atoms with Crippen molar-refractivity contribution >= 4 is 40.8 Å². The fourth-order valence-corrected chi connectivity index (χ4v) is 3.00.